The third kappa shape index (κ3) is 5.05. The van der Waals surface area contributed by atoms with Crippen molar-refractivity contribution in [1.29, 1.82) is 0 Å². The molecule has 27 heavy (non-hydrogen) atoms. The smallest absolute Gasteiger partial charge is 0.413 e. The number of carbonyl (C=O) groups is 2. The molecule has 2 N–H and O–H groups in total. The number of amides is 2. The molecule has 0 saturated heterocycles. The van der Waals surface area contributed by atoms with Gasteiger partial charge in [-0.25, -0.2) is 14.6 Å². The van der Waals surface area contributed by atoms with Crippen LogP contribution in [0.2, 0.25) is 0 Å². The summed E-state index contributed by atoms with van der Waals surface area (Å²) >= 11 is 1.11. The molecule has 0 spiro atoms. The Hall–Kier alpha value is -3.39. The molecule has 0 radical (unpaired) electrons. The molecule has 8 heteroatoms. The van der Waals surface area contributed by atoms with Gasteiger partial charge in [0.05, 0.1) is 7.11 Å². The molecule has 2 aromatic carbocycles. The number of anilines is 2. The molecular formula is C19H17N3O4S. The van der Waals surface area contributed by atoms with E-state index in [2.05, 4.69) is 20.4 Å². The highest BCUT2D eigenvalue weighted by Crippen LogP contribution is 2.36. The van der Waals surface area contributed by atoms with Crippen molar-refractivity contribution in [2.75, 3.05) is 17.7 Å². The third-order valence-electron chi connectivity index (χ3n) is 3.50. The molecule has 0 fully saturated rings. The first-order valence-corrected chi connectivity index (χ1v) is 8.86. The Morgan fingerprint density at radius 2 is 1.63 bits per heavy atom. The lowest BCUT2D eigenvalue weighted by molar-refractivity contribution is 0.155. The van der Waals surface area contributed by atoms with Crippen LogP contribution in [0.4, 0.5) is 19.7 Å². The largest absolute Gasteiger partial charge is 0.453 e. The van der Waals surface area contributed by atoms with Crippen molar-refractivity contribution in [3.63, 3.8) is 0 Å². The number of benzene rings is 2. The van der Waals surface area contributed by atoms with Crippen LogP contribution >= 0.6 is 11.3 Å². The van der Waals surface area contributed by atoms with E-state index in [4.69, 9.17) is 4.74 Å². The summed E-state index contributed by atoms with van der Waals surface area (Å²) in [7, 11) is 1.27. The van der Waals surface area contributed by atoms with Gasteiger partial charge in [0.2, 0.25) is 0 Å². The van der Waals surface area contributed by atoms with Crippen molar-refractivity contribution in [3.05, 3.63) is 66.2 Å². The highest BCUT2D eigenvalue weighted by atomic mass is 32.1. The Balaban J connectivity index is 1.76. The first-order valence-electron chi connectivity index (χ1n) is 8.04. The van der Waals surface area contributed by atoms with Crippen LogP contribution in [0.5, 0.6) is 0 Å². The van der Waals surface area contributed by atoms with Crippen molar-refractivity contribution >= 4 is 33.7 Å². The number of rotatable bonds is 5. The van der Waals surface area contributed by atoms with Gasteiger partial charge in [0.25, 0.3) is 0 Å². The van der Waals surface area contributed by atoms with Gasteiger partial charge >= 0.3 is 12.2 Å². The predicted octanol–water partition coefficient (Wildman–Crippen LogP) is 4.74. The van der Waals surface area contributed by atoms with Gasteiger partial charge in [-0.3, -0.25) is 10.6 Å². The van der Waals surface area contributed by atoms with Crippen molar-refractivity contribution < 1.29 is 19.1 Å². The number of nitrogens with one attached hydrogen (secondary N) is 2. The van der Waals surface area contributed by atoms with E-state index in [9.17, 15) is 9.59 Å². The lowest BCUT2D eigenvalue weighted by Crippen LogP contribution is -2.13. The maximum atomic E-state index is 12.2. The van der Waals surface area contributed by atoms with Gasteiger partial charge in [-0.1, -0.05) is 72.0 Å². The highest BCUT2D eigenvalue weighted by molar-refractivity contribution is 7.20. The molecule has 1 heterocycles. The van der Waals surface area contributed by atoms with Crippen LogP contribution in [-0.2, 0) is 16.1 Å². The van der Waals surface area contributed by atoms with E-state index in [0.29, 0.717) is 15.8 Å². The van der Waals surface area contributed by atoms with Crippen LogP contribution in [0.15, 0.2) is 60.7 Å². The molecule has 138 valence electrons. The monoisotopic (exact) mass is 383 g/mol. The second-order valence-electron chi connectivity index (χ2n) is 5.37. The number of aromatic nitrogens is 1. The standard InChI is InChI=1S/C19H17N3O4S/c1-25-18(23)22-17-20-15(14-10-6-3-7-11-14)16(27-17)21-19(24)26-12-13-8-4-2-5-9-13/h2-11H,12H2,1H3,(H,21,24)(H,20,22,23). The van der Waals surface area contributed by atoms with Crippen LogP contribution in [0.1, 0.15) is 5.56 Å². The maximum absolute atomic E-state index is 12.2. The van der Waals surface area contributed by atoms with Gasteiger partial charge in [-0.15, -0.1) is 0 Å². The first kappa shape index (κ1) is 18.4. The summed E-state index contributed by atoms with van der Waals surface area (Å²) in [5.41, 5.74) is 2.21. The molecule has 7 nitrogen and oxygen atoms in total. The minimum atomic E-state index is -0.637. The van der Waals surface area contributed by atoms with Gasteiger partial charge in [0, 0.05) is 5.56 Å². The summed E-state index contributed by atoms with van der Waals surface area (Å²) in [5.74, 6) is 0. The van der Waals surface area contributed by atoms with Crippen LogP contribution in [-0.4, -0.2) is 24.3 Å². The molecule has 0 aliphatic carbocycles. The van der Waals surface area contributed by atoms with Crippen LogP contribution in [0.3, 0.4) is 0 Å². The number of thiazole rings is 1. The molecule has 2 amide bonds. The molecule has 0 atom stereocenters. The fourth-order valence-corrected chi connectivity index (χ4v) is 3.10. The Morgan fingerprint density at radius 3 is 2.30 bits per heavy atom. The SMILES string of the molecule is COC(=O)Nc1nc(-c2ccccc2)c(NC(=O)OCc2ccccc2)s1. The van der Waals surface area contributed by atoms with Crippen LogP contribution < -0.4 is 10.6 Å². The van der Waals surface area contributed by atoms with E-state index >= 15 is 0 Å². The van der Waals surface area contributed by atoms with E-state index in [1.54, 1.807) is 0 Å². The molecule has 0 saturated carbocycles. The van der Waals surface area contributed by atoms with Gasteiger partial charge in [-0.05, 0) is 5.56 Å². The molecule has 0 unspecified atom stereocenters. The van der Waals surface area contributed by atoms with Gasteiger partial charge in [0.1, 0.15) is 17.3 Å². The van der Waals surface area contributed by atoms with Crippen molar-refractivity contribution in [3.8, 4) is 11.3 Å². The number of nitrogens with zero attached hydrogens (tertiary/aromatic N) is 1. The molecule has 3 aromatic rings. The minimum absolute atomic E-state index is 0.152. The zero-order valence-corrected chi connectivity index (χ0v) is 15.3. The maximum Gasteiger partial charge on any atom is 0.413 e. The molecule has 3 rings (SSSR count). The number of methoxy groups -OCH3 is 1. The number of hydrogen-bond acceptors (Lipinski definition) is 6. The van der Waals surface area contributed by atoms with E-state index < -0.39 is 12.2 Å². The van der Waals surface area contributed by atoms with Gasteiger partial charge in [0.15, 0.2) is 5.13 Å². The molecule has 0 bridgehead atoms. The van der Waals surface area contributed by atoms with Crippen molar-refractivity contribution in [1.82, 2.24) is 4.98 Å². The Morgan fingerprint density at radius 1 is 0.963 bits per heavy atom. The van der Waals surface area contributed by atoms with Gasteiger partial charge in [-0.2, -0.15) is 0 Å². The third-order valence-corrected chi connectivity index (χ3v) is 4.38. The number of carbonyl (C=O) groups excluding carboxylic acids is 2. The van der Waals surface area contributed by atoms with Crippen LogP contribution in [0, 0.1) is 0 Å². The van der Waals surface area contributed by atoms with E-state index in [1.165, 1.54) is 7.11 Å². The molecule has 0 aliphatic heterocycles. The van der Waals surface area contributed by atoms with Gasteiger partial charge < -0.3 is 9.47 Å². The second-order valence-corrected chi connectivity index (χ2v) is 6.37. The molecule has 1 aromatic heterocycles. The predicted molar refractivity (Wildman–Crippen MR) is 104 cm³/mol. The number of ether oxygens (including phenoxy) is 2. The molecular weight excluding hydrogens is 366 g/mol. The lowest BCUT2D eigenvalue weighted by atomic mass is 10.2. The Kier molecular flexibility index (Phi) is 6.01. The Labute approximate surface area is 160 Å². The highest BCUT2D eigenvalue weighted by Gasteiger charge is 2.17. The summed E-state index contributed by atoms with van der Waals surface area (Å²) < 4.78 is 9.83. The quantitative estimate of drug-likeness (QED) is 0.664. The zero-order valence-electron chi connectivity index (χ0n) is 14.5. The fraction of sp³-hybridized carbons (Fsp3) is 0.105. The Bertz CT molecular complexity index is 913. The van der Waals surface area contributed by atoms with Crippen LogP contribution in [0.25, 0.3) is 11.3 Å². The summed E-state index contributed by atoms with van der Waals surface area (Å²) in [6.07, 6.45) is -1.24. The van der Waals surface area contributed by atoms with Crippen molar-refractivity contribution in [2.45, 2.75) is 6.61 Å². The summed E-state index contributed by atoms with van der Waals surface area (Å²) in [5, 5.41) is 5.97. The minimum Gasteiger partial charge on any atom is -0.453 e. The van der Waals surface area contributed by atoms with E-state index in [1.807, 2.05) is 60.7 Å². The molecule has 0 aliphatic rings. The normalized spacial score (nSPS) is 10.1. The van der Waals surface area contributed by atoms with E-state index in [-0.39, 0.29) is 6.61 Å². The average molecular weight is 383 g/mol. The zero-order chi connectivity index (χ0) is 19.1. The number of hydrogen-bond donors (Lipinski definition) is 2. The van der Waals surface area contributed by atoms with E-state index in [0.717, 1.165) is 22.5 Å². The second kappa shape index (κ2) is 8.81. The first-order chi connectivity index (χ1) is 13.2. The summed E-state index contributed by atoms with van der Waals surface area (Å²) in [4.78, 5) is 28.0. The summed E-state index contributed by atoms with van der Waals surface area (Å²) in [6, 6.07) is 18.7. The topological polar surface area (TPSA) is 89.5 Å². The average Bonchev–Trinajstić information content (AvgIpc) is 3.09. The lowest BCUT2D eigenvalue weighted by Gasteiger charge is -2.07. The summed E-state index contributed by atoms with van der Waals surface area (Å²) in [6.45, 7) is 0.152. The fourth-order valence-electron chi connectivity index (χ4n) is 2.24. The van der Waals surface area contributed by atoms with Crippen molar-refractivity contribution in [2.24, 2.45) is 0 Å².